The molecule has 0 aliphatic rings. The van der Waals surface area contributed by atoms with Crippen molar-refractivity contribution in [1.29, 1.82) is 0 Å². The van der Waals surface area contributed by atoms with Crippen molar-refractivity contribution >= 4 is 16.9 Å². The van der Waals surface area contributed by atoms with Crippen LogP contribution in [0.4, 0.5) is 13.2 Å². The van der Waals surface area contributed by atoms with Crippen molar-refractivity contribution in [3.63, 3.8) is 0 Å². The lowest BCUT2D eigenvalue weighted by Crippen LogP contribution is -2.32. The second-order valence-electron chi connectivity index (χ2n) is 6.14. The third kappa shape index (κ3) is 4.59. The number of nitrogens with two attached hydrogens (primary N) is 1. The highest BCUT2D eigenvalue weighted by atomic mass is 19.4. The summed E-state index contributed by atoms with van der Waals surface area (Å²) in [5.41, 5.74) is 8.12. The van der Waals surface area contributed by atoms with Crippen molar-refractivity contribution in [2.24, 2.45) is 5.73 Å². The van der Waals surface area contributed by atoms with Gasteiger partial charge in [-0.2, -0.15) is 0 Å². The number of carbonyl (C=O) groups is 1. The van der Waals surface area contributed by atoms with Gasteiger partial charge in [0.15, 0.2) is 0 Å². The number of rotatable bonds is 6. The number of aliphatic carboxylic acids is 1. The molecule has 1 aromatic heterocycles. The summed E-state index contributed by atoms with van der Waals surface area (Å²) in [5.74, 6) is -1.36. The van der Waals surface area contributed by atoms with Gasteiger partial charge in [0, 0.05) is 30.1 Å². The Balaban J connectivity index is 1.85. The van der Waals surface area contributed by atoms with Gasteiger partial charge in [-0.15, -0.1) is 13.2 Å². The second-order valence-corrected chi connectivity index (χ2v) is 6.14. The lowest BCUT2D eigenvalue weighted by Gasteiger charge is -2.10. The molecule has 2 aromatic carbocycles. The molecule has 8 heteroatoms. The van der Waals surface area contributed by atoms with Crippen LogP contribution in [0.3, 0.4) is 0 Å². The van der Waals surface area contributed by atoms with E-state index in [1.807, 2.05) is 35.0 Å². The number of nitrogens with zero attached hydrogens (tertiary/aromatic N) is 1. The SMILES string of the molecule is NC(Cc1cn(Cc2ccc(OC(F)(F)F)cc2)c2ccccc12)C(=O)O. The average Bonchev–Trinajstić information content (AvgIpc) is 2.93. The van der Waals surface area contributed by atoms with Gasteiger partial charge in [0.25, 0.3) is 0 Å². The number of alkyl halides is 3. The molecule has 3 aromatic rings. The number of fused-ring (bicyclic) bond motifs is 1. The van der Waals surface area contributed by atoms with Crippen LogP contribution in [-0.4, -0.2) is 28.0 Å². The zero-order chi connectivity index (χ0) is 19.6. The molecule has 1 atom stereocenters. The summed E-state index contributed by atoms with van der Waals surface area (Å²) in [7, 11) is 0. The first-order chi connectivity index (χ1) is 12.7. The molecule has 0 spiro atoms. The van der Waals surface area contributed by atoms with Crippen LogP contribution in [0.2, 0.25) is 0 Å². The molecule has 0 amide bonds. The average molecular weight is 378 g/mol. The van der Waals surface area contributed by atoms with Crippen molar-refractivity contribution in [1.82, 2.24) is 4.57 Å². The van der Waals surface area contributed by atoms with Crippen molar-refractivity contribution in [3.05, 3.63) is 65.9 Å². The maximum atomic E-state index is 12.2. The molecule has 0 radical (unpaired) electrons. The Hall–Kier alpha value is -3.00. The first kappa shape index (κ1) is 18.8. The molecule has 0 aliphatic heterocycles. The van der Waals surface area contributed by atoms with Gasteiger partial charge >= 0.3 is 12.3 Å². The topological polar surface area (TPSA) is 77.5 Å². The highest BCUT2D eigenvalue weighted by Crippen LogP contribution is 2.25. The minimum Gasteiger partial charge on any atom is -0.480 e. The van der Waals surface area contributed by atoms with Gasteiger partial charge in [-0.3, -0.25) is 4.79 Å². The van der Waals surface area contributed by atoms with Crippen molar-refractivity contribution in [3.8, 4) is 5.75 Å². The van der Waals surface area contributed by atoms with Crippen LogP contribution in [0.25, 0.3) is 10.9 Å². The van der Waals surface area contributed by atoms with Gasteiger partial charge in [-0.05, 0) is 29.3 Å². The van der Waals surface area contributed by atoms with E-state index in [0.29, 0.717) is 6.54 Å². The number of carboxylic acids is 1. The predicted octanol–water partition coefficient (Wildman–Crippen LogP) is 3.54. The van der Waals surface area contributed by atoms with E-state index in [9.17, 15) is 18.0 Å². The number of hydrogen-bond donors (Lipinski definition) is 2. The summed E-state index contributed by atoms with van der Waals surface area (Å²) in [6.07, 6.45) is -2.72. The Labute approximate surface area is 152 Å². The molecule has 3 rings (SSSR count). The fraction of sp³-hybridized carbons (Fsp3) is 0.211. The van der Waals surface area contributed by atoms with Crippen LogP contribution in [0.1, 0.15) is 11.1 Å². The van der Waals surface area contributed by atoms with Gasteiger partial charge in [0.1, 0.15) is 11.8 Å². The van der Waals surface area contributed by atoms with E-state index < -0.39 is 18.4 Å². The third-order valence-corrected chi connectivity index (χ3v) is 4.14. The highest BCUT2D eigenvalue weighted by Gasteiger charge is 2.30. The van der Waals surface area contributed by atoms with Crippen LogP contribution >= 0.6 is 0 Å². The van der Waals surface area contributed by atoms with E-state index in [-0.39, 0.29) is 12.2 Å². The summed E-state index contributed by atoms with van der Waals surface area (Å²) in [6, 6.07) is 12.1. The fourth-order valence-electron chi connectivity index (χ4n) is 2.93. The Kier molecular flexibility index (Phi) is 5.09. The van der Waals surface area contributed by atoms with Crippen LogP contribution < -0.4 is 10.5 Å². The molecule has 1 unspecified atom stereocenters. The molecule has 0 saturated carbocycles. The first-order valence-electron chi connectivity index (χ1n) is 8.13. The van der Waals surface area contributed by atoms with Crippen molar-refractivity contribution in [2.45, 2.75) is 25.4 Å². The van der Waals surface area contributed by atoms with E-state index in [4.69, 9.17) is 10.8 Å². The summed E-state index contributed by atoms with van der Waals surface area (Å²) < 4.78 is 42.5. The summed E-state index contributed by atoms with van der Waals surface area (Å²) >= 11 is 0. The summed E-state index contributed by atoms with van der Waals surface area (Å²) in [6.45, 7) is 0.412. The molecule has 142 valence electrons. The number of ether oxygens (including phenoxy) is 1. The van der Waals surface area contributed by atoms with E-state index in [1.54, 1.807) is 12.1 Å². The van der Waals surface area contributed by atoms with Gasteiger partial charge in [-0.25, -0.2) is 0 Å². The number of para-hydroxylation sites is 1. The number of carboxylic acid groups (broad SMARTS) is 1. The van der Waals surface area contributed by atoms with E-state index in [1.165, 1.54) is 12.1 Å². The molecular formula is C19H17F3N2O3. The van der Waals surface area contributed by atoms with Gasteiger partial charge < -0.3 is 20.1 Å². The lowest BCUT2D eigenvalue weighted by atomic mass is 10.1. The Morgan fingerprint density at radius 3 is 2.44 bits per heavy atom. The van der Waals surface area contributed by atoms with Gasteiger partial charge in [0.2, 0.25) is 0 Å². The number of aromatic nitrogens is 1. The minimum absolute atomic E-state index is 0.182. The molecule has 0 fully saturated rings. The smallest absolute Gasteiger partial charge is 0.480 e. The minimum atomic E-state index is -4.73. The maximum absolute atomic E-state index is 12.2. The van der Waals surface area contributed by atoms with E-state index in [2.05, 4.69) is 4.74 Å². The second kappa shape index (κ2) is 7.32. The van der Waals surface area contributed by atoms with Gasteiger partial charge in [0.05, 0.1) is 0 Å². The molecule has 0 bridgehead atoms. The number of halogens is 3. The van der Waals surface area contributed by atoms with E-state index >= 15 is 0 Å². The van der Waals surface area contributed by atoms with Crippen LogP contribution in [0, 0.1) is 0 Å². The van der Waals surface area contributed by atoms with Crippen molar-refractivity contribution < 1.29 is 27.8 Å². The zero-order valence-electron chi connectivity index (χ0n) is 14.1. The predicted molar refractivity (Wildman–Crippen MR) is 93.5 cm³/mol. The normalized spacial score (nSPS) is 12.9. The largest absolute Gasteiger partial charge is 0.573 e. The van der Waals surface area contributed by atoms with E-state index in [0.717, 1.165) is 22.0 Å². The Morgan fingerprint density at radius 2 is 1.81 bits per heavy atom. The molecule has 3 N–H and O–H groups in total. The Morgan fingerprint density at radius 1 is 1.15 bits per heavy atom. The molecule has 0 aliphatic carbocycles. The molecule has 27 heavy (non-hydrogen) atoms. The Bertz CT molecular complexity index is 949. The third-order valence-electron chi connectivity index (χ3n) is 4.14. The maximum Gasteiger partial charge on any atom is 0.573 e. The lowest BCUT2D eigenvalue weighted by molar-refractivity contribution is -0.274. The molecular weight excluding hydrogens is 361 g/mol. The number of benzene rings is 2. The molecule has 0 saturated heterocycles. The first-order valence-corrected chi connectivity index (χ1v) is 8.13. The highest BCUT2D eigenvalue weighted by molar-refractivity contribution is 5.85. The van der Waals surface area contributed by atoms with Gasteiger partial charge in [-0.1, -0.05) is 30.3 Å². The zero-order valence-corrected chi connectivity index (χ0v) is 14.1. The fourth-order valence-corrected chi connectivity index (χ4v) is 2.93. The molecule has 1 heterocycles. The molecule has 5 nitrogen and oxygen atoms in total. The standard InChI is InChI=1S/C19H17F3N2O3/c20-19(21,22)27-14-7-5-12(6-8-14)10-24-11-13(9-16(23)18(25)26)15-3-1-2-4-17(15)24/h1-8,11,16H,9-10,23H2,(H,25,26). The monoisotopic (exact) mass is 378 g/mol. The number of hydrogen-bond acceptors (Lipinski definition) is 3. The summed E-state index contributed by atoms with van der Waals surface area (Å²) in [5, 5.41) is 9.93. The van der Waals surface area contributed by atoms with Crippen LogP contribution in [0.15, 0.2) is 54.7 Å². The van der Waals surface area contributed by atoms with Crippen LogP contribution in [-0.2, 0) is 17.8 Å². The quantitative estimate of drug-likeness (QED) is 0.688. The van der Waals surface area contributed by atoms with Crippen molar-refractivity contribution in [2.75, 3.05) is 0 Å². The summed E-state index contributed by atoms with van der Waals surface area (Å²) in [4.78, 5) is 11.0. The van der Waals surface area contributed by atoms with Crippen LogP contribution in [0.5, 0.6) is 5.75 Å².